The Morgan fingerprint density at radius 3 is 2.84 bits per heavy atom. The van der Waals surface area contributed by atoms with Gasteiger partial charge in [-0.15, -0.1) is 0 Å². The molecule has 104 valence electrons. The smallest absolute Gasteiger partial charge is 0.223 e. The van der Waals surface area contributed by atoms with Gasteiger partial charge < -0.3 is 14.5 Å². The van der Waals surface area contributed by atoms with Gasteiger partial charge in [0.2, 0.25) is 5.91 Å². The predicted molar refractivity (Wildman–Crippen MR) is 69.6 cm³/mol. The zero-order valence-corrected chi connectivity index (χ0v) is 11.0. The van der Waals surface area contributed by atoms with Crippen LogP contribution >= 0.6 is 0 Å². The molecule has 1 N–H and O–H groups in total. The number of nitrogens with zero attached hydrogens (tertiary/aromatic N) is 1. The molecule has 1 aliphatic heterocycles. The molecule has 1 aromatic rings. The van der Waals surface area contributed by atoms with Crippen LogP contribution in [0.3, 0.4) is 0 Å². The van der Waals surface area contributed by atoms with Crippen LogP contribution in [0.4, 0.5) is 0 Å². The third-order valence-electron chi connectivity index (χ3n) is 3.78. The molecule has 19 heavy (non-hydrogen) atoms. The van der Waals surface area contributed by atoms with E-state index in [0.717, 1.165) is 44.9 Å². The first-order valence-electron chi connectivity index (χ1n) is 6.97. The van der Waals surface area contributed by atoms with Gasteiger partial charge in [0.1, 0.15) is 5.76 Å². The molecule has 5 nitrogen and oxygen atoms in total. The van der Waals surface area contributed by atoms with Crippen molar-refractivity contribution in [3.05, 3.63) is 24.2 Å². The number of carbonyl (C=O) groups excluding carboxylic acids is 1. The Morgan fingerprint density at radius 1 is 1.42 bits per heavy atom. The molecule has 0 aromatic carbocycles. The molecule has 1 aliphatic carbocycles. The minimum Gasteiger partial charge on any atom is -0.468 e. The highest BCUT2D eigenvalue weighted by Crippen LogP contribution is 2.29. The van der Waals surface area contributed by atoms with Gasteiger partial charge in [-0.2, -0.15) is 0 Å². The van der Waals surface area contributed by atoms with Crippen molar-refractivity contribution in [3.63, 3.8) is 0 Å². The molecule has 1 atom stereocenters. The molecular formula is C14H20N2O3. The molecule has 3 rings (SSSR count). The van der Waals surface area contributed by atoms with Crippen LogP contribution in [0, 0.1) is 5.92 Å². The Balaban J connectivity index is 1.63. The van der Waals surface area contributed by atoms with Gasteiger partial charge in [-0.25, -0.2) is 0 Å². The number of hydrogen-bond acceptors (Lipinski definition) is 4. The Kier molecular flexibility index (Phi) is 3.84. The molecule has 2 heterocycles. The summed E-state index contributed by atoms with van der Waals surface area (Å²) < 4.78 is 10.9. The van der Waals surface area contributed by atoms with Crippen LogP contribution in [-0.2, 0) is 9.53 Å². The highest BCUT2D eigenvalue weighted by Gasteiger charge is 2.31. The normalized spacial score (nSPS) is 22.1. The lowest BCUT2D eigenvalue weighted by Gasteiger charge is -2.33. The number of hydrogen-bond donors (Lipinski definition) is 1. The zero-order valence-electron chi connectivity index (χ0n) is 11.0. The zero-order chi connectivity index (χ0) is 13.1. The van der Waals surface area contributed by atoms with Gasteiger partial charge in [-0.05, 0) is 25.0 Å². The minimum absolute atomic E-state index is 0.113. The van der Waals surface area contributed by atoms with Crippen molar-refractivity contribution < 1.29 is 13.9 Å². The van der Waals surface area contributed by atoms with Crippen LogP contribution in [-0.4, -0.2) is 43.7 Å². The molecule has 2 aliphatic rings. The maximum absolute atomic E-state index is 11.8. The van der Waals surface area contributed by atoms with Crippen molar-refractivity contribution in [1.82, 2.24) is 10.2 Å². The van der Waals surface area contributed by atoms with Crippen LogP contribution in [0.25, 0.3) is 0 Å². The Hall–Kier alpha value is -1.33. The molecule has 1 amide bonds. The summed E-state index contributed by atoms with van der Waals surface area (Å²) in [5.41, 5.74) is 0. The number of morpholine rings is 1. The minimum atomic E-state index is 0.113. The van der Waals surface area contributed by atoms with Crippen LogP contribution in [0.1, 0.15) is 24.6 Å². The molecule has 0 radical (unpaired) electrons. The number of furan rings is 1. The molecule has 0 bridgehead atoms. The van der Waals surface area contributed by atoms with E-state index in [0.29, 0.717) is 6.54 Å². The lowest BCUT2D eigenvalue weighted by molar-refractivity contribution is -0.122. The third-order valence-corrected chi connectivity index (χ3v) is 3.78. The van der Waals surface area contributed by atoms with E-state index < -0.39 is 0 Å². The SMILES string of the molecule is O=C(NCC(c1ccco1)N1CCOCC1)C1CC1. The standard InChI is InChI=1S/C14H20N2O3/c17-14(11-3-4-11)15-10-12(13-2-1-7-19-13)16-5-8-18-9-6-16/h1-2,7,11-12H,3-6,8-10H2,(H,15,17). The molecule has 1 saturated carbocycles. The molecule has 1 aromatic heterocycles. The Bertz CT molecular complexity index is 408. The Morgan fingerprint density at radius 2 is 2.21 bits per heavy atom. The van der Waals surface area contributed by atoms with E-state index in [1.165, 1.54) is 0 Å². The average Bonchev–Trinajstić information content (AvgIpc) is 3.17. The van der Waals surface area contributed by atoms with E-state index in [9.17, 15) is 4.79 Å². The summed E-state index contributed by atoms with van der Waals surface area (Å²) in [6.45, 7) is 3.86. The van der Waals surface area contributed by atoms with Gasteiger partial charge in [0.15, 0.2) is 0 Å². The van der Waals surface area contributed by atoms with E-state index in [-0.39, 0.29) is 17.9 Å². The van der Waals surface area contributed by atoms with Crippen molar-refractivity contribution in [2.75, 3.05) is 32.8 Å². The highest BCUT2D eigenvalue weighted by molar-refractivity contribution is 5.80. The summed E-state index contributed by atoms with van der Waals surface area (Å²) in [7, 11) is 0. The van der Waals surface area contributed by atoms with Crippen molar-refractivity contribution in [2.24, 2.45) is 5.92 Å². The van der Waals surface area contributed by atoms with E-state index in [4.69, 9.17) is 9.15 Å². The third kappa shape index (κ3) is 3.16. The average molecular weight is 264 g/mol. The summed E-state index contributed by atoms with van der Waals surface area (Å²) in [5, 5.41) is 3.05. The van der Waals surface area contributed by atoms with Gasteiger partial charge in [0.05, 0.1) is 25.5 Å². The fourth-order valence-corrected chi connectivity index (χ4v) is 2.47. The van der Waals surface area contributed by atoms with Gasteiger partial charge in [0, 0.05) is 25.6 Å². The molecule has 5 heteroatoms. The highest BCUT2D eigenvalue weighted by atomic mass is 16.5. The second-order valence-corrected chi connectivity index (χ2v) is 5.20. The Labute approximate surface area is 112 Å². The van der Waals surface area contributed by atoms with Crippen molar-refractivity contribution >= 4 is 5.91 Å². The van der Waals surface area contributed by atoms with Crippen LogP contribution in [0.5, 0.6) is 0 Å². The maximum atomic E-state index is 11.8. The summed E-state index contributed by atoms with van der Waals surface area (Å²) in [6.07, 6.45) is 3.76. The first-order chi connectivity index (χ1) is 9.34. The second-order valence-electron chi connectivity index (χ2n) is 5.20. The summed E-state index contributed by atoms with van der Waals surface area (Å²) in [4.78, 5) is 14.1. The summed E-state index contributed by atoms with van der Waals surface area (Å²) >= 11 is 0. The van der Waals surface area contributed by atoms with Crippen molar-refractivity contribution in [3.8, 4) is 0 Å². The van der Waals surface area contributed by atoms with Gasteiger partial charge in [0.25, 0.3) is 0 Å². The van der Waals surface area contributed by atoms with Crippen LogP contribution in [0.15, 0.2) is 22.8 Å². The number of nitrogens with one attached hydrogen (secondary N) is 1. The lowest BCUT2D eigenvalue weighted by Crippen LogP contribution is -2.43. The largest absolute Gasteiger partial charge is 0.468 e. The first kappa shape index (κ1) is 12.7. The fraction of sp³-hybridized carbons (Fsp3) is 0.643. The van der Waals surface area contributed by atoms with Gasteiger partial charge in [-0.1, -0.05) is 0 Å². The fourth-order valence-electron chi connectivity index (χ4n) is 2.47. The van der Waals surface area contributed by atoms with Crippen LogP contribution in [0.2, 0.25) is 0 Å². The molecular weight excluding hydrogens is 244 g/mol. The lowest BCUT2D eigenvalue weighted by atomic mass is 10.1. The number of ether oxygens (including phenoxy) is 1. The van der Waals surface area contributed by atoms with Crippen LogP contribution < -0.4 is 5.32 Å². The summed E-state index contributed by atoms with van der Waals surface area (Å²) in [5.74, 6) is 1.35. The number of carbonyl (C=O) groups is 1. The molecule has 1 saturated heterocycles. The van der Waals surface area contributed by atoms with Gasteiger partial charge in [-0.3, -0.25) is 9.69 Å². The van der Waals surface area contributed by atoms with E-state index in [1.54, 1.807) is 6.26 Å². The topological polar surface area (TPSA) is 54.7 Å². The van der Waals surface area contributed by atoms with E-state index in [2.05, 4.69) is 10.2 Å². The number of amides is 1. The van der Waals surface area contributed by atoms with Gasteiger partial charge >= 0.3 is 0 Å². The van der Waals surface area contributed by atoms with Crippen molar-refractivity contribution in [2.45, 2.75) is 18.9 Å². The maximum Gasteiger partial charge on any atom is 0.223 e. The van der Waals surface area contributed by atoms with E-state index >= 15 is 0 Å². The first-order valence-corrected chi connectivity index (χ1v) is 6.97. The quantitative estimate of drug-likeness (QED) is 0.867. The molecule has 2 fully saturated rings. The molecule has 0 spiro atoms. The number of rotatable bonds is 5. The second kappa shape index (κ2) is 5.75. The van der Waals surface area contributed by atoms with E-state index in [1.807, 2.05) is 12.1 Å². The van der Waals surface area contributed by atoms with Crippen molar-refractivity contribution in [1.29, 1.82) is 0 Å². The predicted octanol–water partition coefficient (Wildman–Crippen LogP) is 1.18. The monoisotopic (exact) mass is 264 g/mol. The summed E-state index contributed by atoms with van der Waals surface area (Å²) in [6, 6.07) is 3.98. The molecule has 1 unspecified atom stereocenters.